The van der Waals surface area contributed by atoms with Gasteiger partial charge in [-0.05, 0) is 44.0 Å². The third-order valence-electron chi connectivity index (χ3n) is 5.61. The van der Waals surface area contributed by atoms with Crippen LogP contribution in [0.4, 0.5) is 10.1 Å². The lowest BCUT2D eigenvalue weighted by atomic mass is 10.1. The van der Waals surface area contributed by atoms with Gasteiger partial charge in [-0.2, -0.15) is 12.7 Å². The van der Waals surface area contributed by atoms with Gasteiger partial charge in [-0.1, -0.05) is 48.9 Å². The van der Waals surface area contributed by atoms with E-state index in [1.54, 1.807) is 31.2 Å². The summed E-state index contributed by atoms with van der Waals surface area (Å²) in [5, 5.41) is 3.24. The number of nitrogens with one attached hydrogen (secondary N) is 1. The molecule has 2 aromatic carbocycles. The van der Waals surface area contributed by atoms with Gasteiger partial charge in [-0.25, -0.2) is 8.70 Å². The minimum absolute atomic E-state index is 0.0409. The van der Waals surface area contributed by atoms with Crippen molar-refractivity contribution in [2.75, 3.05) is 24.9 Å². The van der Waals surface area contributed by atoms with Crippen molar-refractivity contribution in [1.29, 1.82) is 0 Å². The van der Waals surface area contributed by atoms with Crippen molar-refractivity contribution in [3.05, 3.63) is 64.9 Å². The lowest BCUT2D eigenvalue weighted by Crippen LogP contribution is -2.53. The maximum absolute atomic E-state index is 14.6. The first-order chi connectivity index (χ1) is 16.4. The molecule has 0 bridgehead atoms. The number of para-hydroxylation sites is 1. The quantitative estimate of drug-likeness (QED) is 0.486. The Morgan fingerprint density at radius 2 is 1.66 bits per heavy atom. The van der Waals surface area contributed by atoms with Crippen molar-refractivity contribution in [1.82, 2.24) is 14.5 Å². The van der Waals surface area contributed by atoms with Crippen LogP contribution in [0, 0.1) is 5.82 Å². The van der Waals surface area contributed by atoms with Crippen LogP contribution in [0.2, 0.25) is 5.02 Å². The van der Waals surface area contributed by atoms with Crippen LogP contribution >= 0.6 is 11.6 Å². The molecule has 35 heavy (non-hydrogen) atoms. The Kier molecular flexibility index (Phi) is 10.1. The maximum Gasteiger partial charge on any atom is 0.304 e. The standard InChI is InChI=1S/C24H32ClFN4O4S/c1-6-17(2)27-24(32)18(3)29(15-19-11-7-8-12-20(19)25)23(31)16-30(35(33,34)28(4)5)22-14-10-9-13-21(22)26/h7-14,17-18H,6,15-16H2,1-5H3,(H,27,32)/t17-,18-/m0/s1. The SMILES string of the molecule is CC[C@H](C)NC(=O)[C@H](C)N(Cc1ccccc1Cl)C(=O)CN(c1ccccc1F)S(=O)(=O)N(C)C. The molecule has 0 aromatic heterocycles. The smallest absolute Gasteiger partial charge is 0.304 e. The molecule has 0 aliphatic rings. The number of amides is 2. The van der Waals surface area contributed by atoms with E-state index in [-0.39, 0.29) is 18.3 Å². The van der Waals surface area contributed by atoms with Crippen LogP contribution in [0.15, 0.2) is 48.5 Å². The second-order valence-electron chi connectivity index (χ2n) is 8.36. The largest absolute Gasteiger partial charge is 0.352 e. The summed E-state index contributed by atoms with van der Waals surface area (Å²) in [6.45, 7) is 4.56. The van der Waals surface area contributed by atoms with Gasteiger partial charge in [0.2, 0.25) is 11.8 Å². The van der Waals surface area contributed by atoms with Gasteiger partial charge in [-0.3, -0.25) is 9.59 Å². The summed E-state index contributed by atoms with van der Waals surface area (Å²) in [5.41, 5.74) is 0.308. The second kappa shape index (κ2) is 12.3. The van der Waals surface area contributed by atoms with Crippen molar-refractivity contribution < 1.29 is 22.4 Å². The van der Waals surface area contributed by atoms with Gasteiger partial charge < -0.3 is 10.2 Å². The number of hydrogen-bond acceptors (Lipinski definition) is 4. The van der Waals surface area contributed by atoms with Crippen molar-refractivity contribution in [2.45, 2.75) is 45.8 Å². The normalized spacial score (nSPS) is 13.3. The van der Waals surface area contributed by atoms with Crippen molar-refractivity contribution in [3.8, 4) is 0 Å². The van der Waals surface area contributed by atoms with E-state index in [1.165, 1.54) is 37.2 Å². The molecular weight excluding hydrogens is 495 g/mol. The van der Waals surface area contributed by atoms with Crippen LogP contribution in [0.5, 0.6) is 0 Å². The Hall–Kier alpha value is -2.69. The summed E-state index contributed by atoms with van der Waals surface area (Å²) in [4.78, 5) is 27.7. The second-order valence-corrected chi connectivity index (χ2v) is 10.8. The fraction of sp³-hybridized carbons (Fsp3) is 0.417. The fourth-order valence-corrected chi connectivity index (χ4v) is 4.47. The molecule has 1 N–H and O–H groups in total. The van der Waals surface area contributed by atoms with E-state index in [0.717, 1.165) is 10.4 Å². The van der Waals surface area contributed by atoms with Crippen LogP contribution in [-0.2, 0) is 26.3 Å². The van der Waals surface area contributed by atoms with E-state index in [0.29, 0.717) is 21.3 Å². The Balaban J connectivity index is 2.48. The maximum atomic E-state index is 14.6. The number of nitrogens with zero attached hydrogens (tertiary/aromatic N) is 3. The topological polar surface area (TPSA) is 90.0 Å². The van der Waals surface area contributed by atoms with Crippen LogP contribution in [0.25, 0.3) is 0 Å². The van der Waals surface area contributed by atoms with Gasteiger partial charge in [0.1, 0.15) is 18.4 Å². The van der Waals surface area contributed by atoms with E-state index in [2.05, 4.69) is 5.32 Å². The van der Waals surface area contributed by atoms with Crippen LogP contribution in [0.3, 0.4) is 0 Å². The lowest BCUT2D eigenvalue weighted by molar-refractivity contribution is -0.139. The minimum Gasteiger partial charge on any atom is -0.352 e. The highest BCUT2D eigenvalue weighted by atomic mass is 35.5. The molecule has 11 heteroatoms. The van der Waals surface area contributed by atoms with E-state index in [4.69, 9.17) is 11.6 Å². The van der Waals surface area contributed by atoms with Crippen molar-refractivity contribution in [3.63, 3.8) is 0 Å². The minimum atomic E-state index is -4.24. The van der Waals surface area contributed by atoms with Gasteiger partial charge in [-0.15, -0.1) is 0 Å². The molecule has 8 nitrogen and oxygen atoms in total. The van der Waals surface area contributed by atoms with Gasteiger partial charge in [0, 0.05) is 31.7 Å². The van der Waals surface area contributed by atoms with Gasteiger partial charge >= 0.3 is 10.2 Å². The number of benzene rings is 2. The zero-order valence-electron chi connectivity index (χ0n) is 20.5. The zero-order chi connectivity index (χ0) is 26.3. The first-order valence-electron chi connectivity index (χ1n) is 11.2. The fourth-order valence-electron chi connectivity index (χ4n) is 3.21. The average Bonchev–Trinajstić information content (AvgIpc) is 2.81. The molecule has 0 spiro atoms. The summed E-state index contributed by atoms with van der Waals surface area (Å²) in [6.07, 6.45) is 0.694. The van der Waals surface area contributed by atoms with E-state index in [1.807, 2.05) is 13.8 Å². The Morgan fingerprint density at radius 1 is 1.06 bits per heavy atom. The third kappa shape index (κ3) is 7.16. The average molecular weight is 527 g/mol. The molecule has 0 fully saturated rings. The molecule has 0 saturated heterocycles. The first-order valence-corrected chi connectivity index (χ1v) is 13.0. The molecule has 0 saturated carbocycles. The predicted molar refractivity (Wildman–Crippen MR) is 136 cm³/mol. The molecule has 0 unspecified atom stereocenters. The van der Waals surface area contributed by atoms with Gasteiger partial charge in [0.15, 0.2) is 0 Å². The molecule has 0 aliphatic carbocycles. The molecule has 2 atom stereocenters. The third-order valence-corrected chi connectivity index (χ3v) is 7.78. The molecule has 0 aliphatic heterocycles. The van der Waals surface area contributed by atoms with Crippen LogP contribution in [0.1, 0.15) is 32.8 Å². The van der Waals surface area contributed by atoms with E-state index >= 15 is 0 Å². The van der Waals surface area contributed by atoms with Crippen molar-refractivity contribution in [2.24, 2.45) is 0 Å². The zero-order valence-corrected chi connectivity index (χ0v) is 22.1. The Labute approximate surface area is 211 Å². The number of halogens is 2. The molecule has 0 heterocycles. The molecule has 2 amide bonds. The number of anilines is 1. The summed E-state index contributed by atoms with van der Waals surface area (Å²) < 4.78 is 42.3. The van der Waals surface area contributed by atoms with Crippen molar-refractivity contribution >= 4 is 39.3 Å². The molecule has 0 radical (unpaired) electrons. The number of hydrogen-bond donors (Lipinski definition) is 1. The van der Waals surface area contributed by atoms with Crippen LogP contribution in [-0.4, -0.2) is 62.2 Å². The molecule has 192 valence electrons. The highest BCUT2D eigenvalue weighted by Crippen LogP contribution is 2.24. The summed E-state index contributed by atoms with van der Waals surface area (Å²) in [7, 11) is -1.66. The highest BCUT2D eigenvalue weighted by Gasteiger charge is 2.34. The summed E-state index contributed by atoms with van der Waals surface area (Å²) >= 11 is 6.30. The molecule has 2 aromatic rings. The van der Waals surface area contributed by atoms with Crippen LogP contribution < -0.4 is 9.62 Å². The van der Waals surface area contributed by atoms with Gasteiger partial charge in [0.05, 0.1) is 5.69 Å². The van der Waals surface area contributed by atoms with E-state index in [9.17, 15) is 22.4 Å². The monoisotopic (exact) mass is 526 g/mol. The summed E-state index contributed by atoms with van der Waals surface area (Å²) in [6, 6.07) is 11.1. The number of carbonyl (C=O) groups excluding carboxylic acids is 2. The number of carbonyl (C=O) groups is 2. The first kappa shape index (κ1) is 28.5. The summed E-state index contributed by atoms with van der Waals surface area (Å²) in [5.74, 6) is -1.89. The Bertz CT molecular complexity index is 1150. The Morgan fingerprint density at radius 3 is 2.23 bits per heavy atom. The van der Waals surface area contributed by atoms with Gasteiger partial charge in [0.25, 0.3) is 0 Å². The number of rotatable bonds is 11. The van der Waals surface area contributed by atoms with E-state index < -0.39 is 40.4 Å². The lowest BCUT2D eigenvalue weighted by Gasteiger charge is -2.33. The molecule has 2 rings (SSSR count). The molecular formula is C24H32ClFN4O4S. The predicted octanol–water partition coefficient (Wildman–Crippen LogP) is 3.42. The highest BCUT2D eigenvalue weighted by molar-refractivity contribution is 7.90.